The Morgan fingerprint density at radius 2 is 1.95 bits per heavy atom. The molecule has 0 radical (unpaired) electrons. The summed E-state index contributed by atoms with van der Waals surface area (Å²) in [5, 5.41) is 3.74. The Kier molecular flexibility index (Phi) is 4.87. The molecule has 0 aliphatic heterocycles. The number of nitrogens with one attached hydrogen (secondary N) is 3. The lowest BCUT2D eigenvalue weighted by molar-refractivity contribution is -0.123. The van der Waals surface area contributed by atoms with Crippen LogP contribution in [0.25, 0.3) is 10.9 Å². The molecular formula is C15H21N3O3S. The zero-order valence-corrected chi connectivity index (χ0v) is 13.7. The van der Waals surface area contributed by atoms with Crippen molar-refractivity contribution < 1.29 is 13.2 Å². The maximum absolute atomic E-state index is 12.2. The molecule has 0 fully saturated rings. The molecule has 1 aromatic heterocycles. The van der Waals surface area contributed by atoms with Crippen molar-refractivity contribution in [3.05, 3.63) is 36.0 Å². The van der Waals surface area contributed by atoms with Gasteiger partial charge in [-0.3, -0.25) is 4.79 Å². The van der Waals surface area contributed by atoms with Gasteiger partial charge in [0.25, 0.3) is 0 Å². The number of benzene rings is 1. The maximum Gasteiger partial charge on any atom is 0.238 e. The van der Waals surface area contributed by atoms with E-state index in [-0.39, 0.29) is 18.4 Å². The second-order valence-electron chi connectivity index (χ2n) is 5.67. The molecule has 0 saturated carbocycles. The molecule has 0 aliphatic rings. The highest BCUT2D eigenvalue weighted by atomic mass is 32.2. The first-order chi connectivity index (χ1) is 10.3. The average molecular weight is 323 g/mol. The third-order valence-electron chi connectivity index (χ3n) is 3.20. The van der Waals surface area contributed by atoms with Crippen LogP contribution < -0.4 is 10.0 Å². The molecule has 0 unspecified atom stereocenters. The molecule has 0 bridgehead atoms. The third-order valence-corrected chi connectivity index (χ3v) is 3.92. The third kappa shape index (κ3) is 4.32. The fourth-order valence-corrected chi connectivity index (χ4v) is 3.06. The number of carbonyl (C=O) groups is 1. The molecule has 120 valence electrons. The Hall–Kier alpha value is -1.86. The summed E-state index contributed by atoms with van der Waals surface area (Å²) in [4.78, 5) is 15.4. The minimum Gasteiger partial charge on any atom is -0.361 e. The number of rotatable bonds is 6. The molecule has 7 heteroatoms. The van der Waals surface area contributed by atoms with Gasteiger partial charge in [-0.2, -0.15) is 0 Å². The van der Waals surface area contributed by atoms with E-state index in [9.17, 15) is 13.2 Å². The zero-order chi connectivity index (χ0) is 16.3. The van der Waals surface area contributed by atoms with E-state index in [0.29, 0.717) is 0 Å². The van der Waals surface area contributed by atoms with E-state index in [1.165, 1.54) is 0 Å². The van der Waals surface area contributed by atoms with Crippen molar-refractivity contribution in [2.45, 2.75) is 32.4 Å². The van der Waals surface area contributed by atoms with E-state index in [1.807, 2.05) is 44.3 Å². The summed E-state index contributed by atoms with van der Waals surface area (Å²) in [5.74, 6) is -0.328. The van der Waals surface area contributed by atoms with Crippen LogP contribution in [0.2, 0.25) is 0 Å². The number of aromatic nitrogens is 1. The van der Waals surface area contributed by atoms with Crippen LogP contribution in [-0.2, 0) is 21.2 Å². The monoisotopic (exact) mass is 323 g/mol. The summed E-state index contributed by atoms with van der Waals surface area (Å²) in [7, 11) is -3.48. The average Bonchev–Trinajstić information content (AvgIpc) is 2.79. The molecular weight excluding hydrogens is 302 g/mol. The molecule has 1 aromatic carbocycles. The van der Waals surface area contributed by atoms with Crippen molar-refractivity contribution >= 4 is 26.8 Å². The highest BCUT2D eigenvalue weighted by Gasteiger charge is 2.24. The Labute approximate surface area is 130 Å². The van der Waals surface area contributed by atoms with Gasteiger partial charge >= 0.3 is 0 Å². The number of fused-ring (bicyclic) bond motifs is 1. The number of carbonyl (C=O) groups excluding carboxylic acids is 1. The van der Waals surface area contributed by atoms with E-state index < -0.39 is 16.1 Å². The van der Waals surface area contributed by atoms with Crippen molar-refractivity contribution in [2.75, 3.05) is 6.26 Å². The molecule has 6 nitrogen and oxygen atoms in total. The zero-order valence-electron chi connectivity index (χ0n) is 12.9. The summed E-state index contributed by atoms with van der Waals surface area (Å²) in [6.45, 7) is 3.67. The van der Waals surface area contributed by atoms with E-state index in [2.05, 4.69) is 15.0 Å². The van der Waals surface area contributed by atoms with Crippen LogP contribution >= 0.6 is 0 Å². The van der Waals surface area contributed by atoms with Crippen LogP contribution in [-0.4, -0.2) is 37.6 Å². The van der Waals surface area contributed by atoms with Gasteiger partial charge in [0.2, 0.25) is 15.9 Å². The summed E-state index contributed by atoms with van der Waals surface area (Å²) < 4.78 is 25.5. The van der Waals surface area contributed by atoms with Crippen molar-refractivity contribution in [2.24, 2.45) is 0 Å². The van der Waals surface area contributed by atoms with Crippen LogP contribution in [0.1, 0.15) is 19.4 Å². The Balaban J connectivity index is 2.27. The smallest absolute Gasteiger partial charge is 0.238 e. The molecule has 1 amide bonds. The molecule has 22 heavy (non-hydrogen) atoms. The van der Waals surface area contributed by atoms with Crippen LogP contribution in [0.5, 0.6) is 0 Å². The lowest BCUT2D eigenvalue weighted by atomic mass is 10.0. The summed E-state index contributed by atoms with van der Waals surface area (Å²) in [6.07, 6.45) is 3.15. The highest BCUT2D eigenvalue weighted by Crippen LogP contribution is 2.19. The van der Waals surface area contributed by atoms with E-state index in [1.54, 1.807) is 0 Å². The second kappa shape index (κ2) is 6.50. The molecule has 1 atom stereocenters. The van der Waals surface area contributed by atoms with Gasteiger partial charge in [0.1, 0.15) is 6.04 Å². The van der Waals surface area contributed by atoms with Crippen molar-refractivity contribution in [1.82, 2.24) is 15.0 Å². The van der Waals surface area contributed by atoms with Gasteiger partial charge in [-0.25, -0.2) is 13.1 Å². The van der Waals surface area contributed by atoms with Gasteiger partial charge < -0.3 is 10.3 Å². The second-order valence-corrected chi connectivity index (χ2v) is 7.45. The molecule has 3 N–H and O–H groups in total. The minimum absolute atomic E-state index is 0.0562. The van der Waals surface area contributed by atoms with Gasteiger partial charge in [-0.1, -0.05) is 18.2 Å². The summed E-state index contributed by atoms with van der Waals surface area (Å²) in [6, 6.07) is 6.81. The van der Waals surface area contributed by atoms with Gasteiger partial charge in [-0.05, 0) is 31.9 Å². The van der Waals surface area contributed by atoms with E-state index >= 15 is 0 Å². The van der Waals surface area contributed by atoms with Crippen LogP contribution in [0, 0.1) is 0 Å². The van der Waals surface area contributed by atoms with Gasteiger partial charge in [0, 0.05) is 23.1 Å². The quantitative estimate of drug-likeness (QED) is 0.745. The van der Waals surface area contributed by atoms with Gasteiger partial charge in [-0.15, -0.1) is 0 Å². The molecule has 0 spiro atoms. The first-order valence-corrected chi connectivity index (χ1v) is 8.98. The molecule has 0 saturated heterocycles. The standard InChI is InChI=1S/C15H21N3O3S/c1-10(2)17-15(19)14(18-22(3,20)21)8-11-9-16-13-7-5-4-6-12(11)13/h4-7,9-10,14,16,18H,8H2,1-3H3,(H,17,19)/t14-/m0/s1. The normalized spacial score (nSPS) is 13.5. The molecule has 2 rings (SSSR count). The number of hydrogen-bond donors (Lipinski definition) is 3. The van der Waals surface area contributed by atoms with Crippen LogP contribution in [0.4, 0.5) is 0 Å². The van der Waals surface area contributed by atoms with Gasteiger partial charge in [0.15, 0.2) is 0 Å². The van der Waals surface area contributed by atoms with E-state index in [4.69, 9.17) is 0 Å². The number of amides is 1. The number of H-pyrrole nitrogens is 1. The fourth-order valence-electron chi connectivity index (χ4n) is 2.35. The summed E-state index contributed by atoms with van der Waals surface area (Å²) >= 11 is 0. The highest BCUT2D eigenvalue weighted by molar-refractivity contribution is 7.88. The number of sulfonamides is 1. The lowest BCUT2D eigenvalue weighted by Gasteiger charge is -2.18. The summed E-state index contributed by atoms with van der Waals surface area (Å²) in [5.41, 5.74) is 1.86. The van der Waals surface area contributed by atoms with Gasteiger partial charge in [0.05, 0.1) is 6.26 Å². The Morgan fingerprint density at radius 1 is 1.27 bits per heavy atom. The minimum atomic E-state index is -3.48. The van der Waals surface area contributed by atoms with Crippen LogP contribution in [0.3, 0.4) is 0 Å². The number of aromatic amines is 1. The van der Waals surface area contributed by atoms with Crippen molar-refractivity contribution in [1.29, 1.82) is 0 Å². The predicted octanol–water partition coefficient (Wildman–Crippen LogP) is 1.15. The Bertz CT molecular complexity index is 765. The fraction of sp³-hybridized carbons (Fsp3) is 0.400. The largest absolute Gasteiger partial charge is 0.361 e. The van der Waals surface area contributed by atoms with Crippen molar-refractivity contribution in [3.8, 4) is 0 Å². The Morgan fingerprint density at radius 3 is 2.59 bits per heavy atom. The predicted molar refractivity (Wildman–Crippen MR) is 87.0 cm³/mol. The molecule has 1 heterocycles. The first kappa shape index (κ1) is 16.5. The number of para-hydroxylation sites is 1. The van der Waals surface area contributed by atoms with Crippen molar-refractivity contribution in [3.63, 3.8) is 0 Å². The number of hydrogen-bond acceptors (Lipinski definition) is 3. The topological polar surface area (TPSA) is 91.1 Å². The first-order valence-electron chi connectivity index (χ1n) is 7.09. The maximum atomic E-state index is 12.2. The molecule has 0 aliphatic carbocycles. The lowest BCUT2D eigenvalue weighted by Crippen LogP contribution is -2.49. The molecule has 2 aromatic rings. The van der Waals surface area contributed by atoms with Crippen LogP contribution in [0.15, 0.2) is 30.5 Å². The van der Waals surface area contributed by atoms with E-state index in [0.717, 1.165) is 22.7 Å². The SMILES string of the molecule is CC(C)NC(=O)[C@H](Cc1c[nH]c2ccccc12)NS(C)(=O)=O.